The second-order valence-electron chi connectivity index (χ2n) is 4.15. The summed E-state index contributed by atoms with van der Waals surface area (Å²) in [5, 5.41) is 2.74. The highest BCUT2D eigenvalue weighted by atomic mass is 35.5. The summed E-state index contributed by atoms with van der Waals surface area (Å²) < 4.78 is 0. The second kappa shape index (κ2) is 7.07. The van der Waals surface area contributed by atoms with Gasteiger partial charge < -0.3 is 10.2 Å². The van der Waals surface area contributed by atoms with E-state index in [1.54, 1.807) is 7.05 Å². The van der Waals surface area contributed by atoms with Crippen molar-refractivity contribution >= 4 is 17.5 Å². The molecule has 0 bridgehead atoms. The zero-order chi connectivity index (χ0) is 11.1. The fourth-order valence-electron chi connectivity index (χ4n) is 2.11. The number of hydrogen-bond donors (Lipinski definition) is 1. The van der Waals surface area contributed by atoms with Crippen molar-refractivity contribution < 1.29 is 4.79 Å². The zero-order valence-corrected chi connectivity index (χ0v) is 10.2. The zero-order valence-electron chi connectivity index (χ0n) is 9.47. The SMILES string of the molecule is CNC(=O)C1CCCN(CCCCCl)C1. The maximum atomic E-state index is 11.5. The van der Waals surface area contributed by atoms with Crippen molar-refractivity contribution in [2.24, 2.45) is 5.92 Å². The van der Waals surface area contributed by atoms with Gasteiger partial charge in [-0.05, 0) is 38.8 Å². The van der Waals surface area contributed by atoms with Gasteiger partial charge in [-0.15, -0.1) is 11.6 Å². The summed E-state index contributed by atoms with van der Waals surface area (Å²) in [7, 11) is 1.72. The van der Waals surface area contributed by atoms with Crippen molar-refractivity contribution in [2.75, 3.05) is 32.6 Å². The van der Waals surface area contributed by atoms with Gasteiger partial charge in [0, 0.05) is 19.5 Å². The van der Waals surface area contributed by atoms with Gasteiger partial charge in [-0.2, -0.15) is 0 Å². The Balaban J connectivity index is 2.26. The summed E-state index contributed by atoms with van der Waals surface area (Å²) in [4.78, 5) is 13.9. The van der Waals surface area contributed by atoms with Gasteiger partial charge in [-0.25, -0.2) is 0 Å². The fraction of sp³-hybridized carbons (Fsp3) is 0.909. The number of nitrogens with zero attached hydrogens (tertiary/aromatic N) is 1. The third-order valence-corrected chi connectivity index (χ3v) is 3.25. The Labute approximate surface area is 97.2 Å². The lowest BCUT2D eigenvalue weighted by Gasteiger charge is -2.31. The number of amides is 1. The van der Waals surface area contributed by atoms with Crippen LogP contribution in [0.5, 0.6) is 0 Å². The minimum Gasteiger partial charge on any atom is -0.359 e. The fourth-order valence-corrected chi connectivity index (χ4v) is 2.30. The molecule has 1 fully saturated rings. The Morgan fingerprint density at radius 3 is 3.00 bits per heavy atom. The highest BCUT2D eigenvalue weighted by molar-refractivity contribution is 6.17. The second-order valence-corrected chi connectivity index (χ2v) is 4.53. The van der Waals surface area contributed by atoms with Gasteiger partial charge in [0.1, 0.15) is 0 Å². The molecule has 1 N–H and O–H groups in total. The summed E-state index contributed by atoms with van der Waals surface area (Å²) >= 11 is 5.64. The van der Waals surface area contributed by atoms with Gasteiger partial charge in [0.25, 0.3) is 0 Å². The maximum Gasteiger partial charge on any atom is 0.224 e. The molecule has 0 aliphatic carbocycles. The molecule has 1 atom stereocenters. The van der Waals surface area contributed by atoms with Gasteiger partial charge in [-0.1, -0.05) is 0 Å². The topological polar surface area (TPSA) is 32.3 Å². The first-order valence-corrected chi connectivity index (χ1v) is 6.31. The molecule has 0 aromatic carbocycles. The van der Waals surface area contributed by atoms with Crippen molar-refractivity contribution in [1.82, 2.24) is 10.2 Å². The maximum absolute atomic E-state index is 11.5. The van der Waals surface area contributed by atoms with E-state index < -0.39 is 0 Å². The number of unbranched alkanes of at least 4 members (excludes halogenated alkanes) is 1. The number of halogens is 1. The largest absolute Gasteiger partial charge is 0.359 e. The first-order valence-electron chi connectivity index (χ1n) is 5.78. The number of hydrogen-bond acceptors (Lipinski definition) is 2. The van der Waals surface area contributed by atoms with Crippen molar-refractivity contribution in [3.8, 4) is 0 Å². The number of piperidine rings is 1. The van der Waals surface area contributed by atoms with Gasteiger partial charge in [0.05, 0.1) is 5.92 Å². The average molecular weight is 233 g/mol. The van der Waals surface area contributed by atoms with Crippen LogP contribution in [0.15, 0.2) is 0 Å². The van der Waals surface area contributed by atoms with Crippen molar-refractivity contribution in [3.05, 3.63) is 0 Å². The number of alkyl halides is 1. The van der Waals surface area contributed by atoms with E-state index in [0.29, 0.717) is 0 Å². The van der Waals surface area contributed by atoms with Crippen LogP contribution in [0.2, 0.25) is 0 Å². The monoisotopic (exact) mass is 232 g/mol. The third kappa shape index (κ3) is 4.39. The van der Waals surface area contributed by atoms with Crippen LogP contribution in [0.3, 0.4) is 0 Å². The van der Waals surface area contributed by atoms with Gasteiger partial charge >= 0.3 is 0 Å². The summed E-state index contributed by atoms with van der Waals surface area (Å²) in [5.41, 5.74) is 0. The molecule has 3 nitrogen and oxygen atoms in total. The molecule has 0 aromatic rings. The molecule has 0 saturated carbocycles. The smallest absolute Gasteiger partial charge is 0.224 e. The van der Waals surface area contributed by atoms with Crippen LogP contribution in [-0.4, -0.2) is 43.4 Å². The van der Waals surface area contributed by atoms with Crippen molar-refractivity contribution in [1.29, 1.82) is 0 Å². The van der Waals surface area contributed by atoms with Crippen LogP contribution in [0.25, 0.3) is 0 Å². The van der Waals surface area contributed by atoms with E-state index in [1.807, 2.05) is 0 Å². The van der Waals surface area contributed by atoms with Crippen LogP contribution >= 0.6 is 11.6 Å². The number of carbonyl (C=O) groups is 1. The minimum atomic E-state index is 0.192. The molecule has 88 valence electrons. The molecular weight excluding hydrogens is 212 g/mol. The Morgan fingerprint density at radius 1 is 1.53 bits per heavy atom. The van der Waals surface area contributed by atoms with Crippen LogP contribution in [0.1, 0.15) is 25.7 Å². The van der Waals surface area contributed by atoms with E-state index in [-0.39, 0.29) is 11.8 Å². The summed E-state index contributed by atoms with van der Waals surface area (Å²) in [5.74, 6) is 1.13. The lowest BCUT2D eigenvalue weighted by molar-refractivity contribution is -0.126. The Hall–Kier alpha value is -0.280. The summed E-state index contributed by atoms with van der Waals surface area (Å²) in [6, 6.07) is 0. The lowest BCUT2D eigenvalue weighted by atomic mass is 9.97. The van der Waals surface area contributed by atoms with Crippen LogP contribution in [-0.2, 0) is 4.79 Å². The molecule has 0 aromatic heterocycles. The number of rotatable bonds is 5. The number of likely N-dealkylation sites (tertiary alicyclic amines) is 1. The Morgan fingerprint density at radius 2 is 2.33 bits per heavy atom. The van der Waals surface area contributed by atoms with E-state index >= 15 is 0 Å². The van der Waals surface area contributed by atoms with E-state index in [9.17, 15) is 4.79 Å². The lowest BCUT2D eigenvalue weighted by Crippen LogP contribution is -2.42. The molecule has 1 aliphatic rings. The Bertz CT molecular complexity index is 199. The molecule has 4 heteroatoms. The predicted octanol–water partition coefficient (Wildman–Crippen LogP) is 1.46. The first kappa shape index (κ1) is 12.8. The van der Waals surface area contributed by atoms with E-state index in [1.165, 1.54) is 0 Å². The summed E-state index contributed by atoms with van der Waals surface area (Å²) in [6.07, 6.45) is 4.39. The molecule has 0 radical (unpaired) electrons. The van der Waals surface area contributed by atoms with E-state index in [0.717, 1.165) is 51.2 Å². The number of carbonyl (C=O) groups excluding carboxylic acids is 1. The van der Waals surface area contributed by atoms with Gasteiger partial charge in [0.15, 0.2) is 0 Å². The van der Waals surface area contributed by atoms with Crippen LogP contribution < -0.4 is 5.32 Å². The minimum absolute atomic E-state index is 0.192. The third-order valence-electron chi connectivity index (χ3n) is 2.98. The quantitative estimate of drug-likeness (QED) is 0.575. The molecule has 1 rings (SSSR count). The molecule has 0 spiro atoms. The highest BCUT2D eigenvalue weighted by Gasteiger charge is 2.24. The van der Waals surface area contributed by atoms with Gasteiger partial charge in [-0.3, -0.25) is 4.79 Å². The van der Waals surface area contributed by atoms with E-state index in [4.69, 9.17) is 11.6 Å². The summed E-state index contributed by atoms with van der Waals surface area (Å²) in [6.45, 7) is 3.14. The molecule has 1 heterocycles. The normalized spacial score (nSPS) is 22.7. The molecule has 15 heavy (non-hydrogen) atoms. The molecule has 1 unspecified atom stereocenters. The first-order chi connectivity index (χ1) is 7.27. The van der Waals surface area contributed by atoms with Crippen molar-refractivity contribution in [3.63, 3.8) is 0 Å². The molecular formula is C11H21ClN2O. The average Bonchev–Trinajstić information content (AvgIpc) is 2.29. The number of nitrogens with one attached hydrogen (secondary N) is 1. The predicted molar refractivity (Wildman–Crippen MR) is 63.2 cm³/mol. The molecule has 1 amide bonds. The van der Waals surface area contributed by atoms with Crippen LogP contribution in [0, 0.1) is 5.92 Å². The van der Waals surface area contributed by atoms with E-state index in [2.05, 4.69) is 10.2 Å². The standard InChI is InChI=1S/C11H21ClN2O/c1-13-11(15)10-5-4-8-14(9-10)7-3-2-6-12/h10H,2-9H2,1H3,(H,13,15). The van der Waals surface area contributed by atoms with Crippen LogP contribution in [0.4, 0.5) is 0 Å². The Kier molecular flexibility index (Phi) is 6.03. The van der Waals surface area contributed by atoms with Gasteiger partial charge in [0.2, 0.25) is 5.91 Å². The molecule has 1 aliphatic heterocycles. The van der Waals surface area contributed by atoms with Crippen molar-refractivity contribution in [2.45, 2.75) is 25.7 Å². The molecule has 1 saturated heterocycles. The highest BCUT2D eigenvalue weighted by Crippen LogP contribution is 2.16.